The van der Waals surface area contributed by atoms with Crippen LogP contribution >= 0.6 is 0 Å². The molecule has 0 saturated carbocycles. The Balaban J connectivity index is 2.64. The van der Waals surface area contributed by atoms with Gasteiger partial charge >= 0.3 is 0 Å². The molecule has 0 aromatic heterocycles. The SMILES string of the molecule is Cc1cc(C)c(N(C)S(=O)(=O)c2cc([N+](=O)[O-])ccc2C)c(C)c1. The lowest BCUT2D eigenvalue weighted by molar-refractivity contribution is -0.385. The van der Waals surface area contributed by atoms with Crippen molar-refractivity contribution in [2.24, 2.45) is 0 Å². The van der Waals surface area contributed by atoms with Crippen LogP contribution in [-0.4, -0.2) is 20.4 Å². The quantitative estimate of drug-likeness (QED) is 0.624. The van der Waals surface area contributed by atoms with Crippen LogP contribution in [0.5, 0.6) is 0 Å². The standard InChI is InChI=1S/C17H20N2O4S/c1-11-8-13(3)17(14(4)9-11)18(5)24(22,23)16-10-15(19(20)21)7-6-12(16)2/h6-10H,1-5H3. The molecule has 2 aromatic carbocycles. The average molecular weight is 348 g/mol. The third-order valence-corrected chi connectivity index (χ3v) is 5.87. The van der Waals surface area contributed by atoms with Crippen molar-refractivity contribution in [2.45, 2.75) is 32.6 Å². The number of non-ortho nitro benzene ring substituents is 1. The predicted octanol–water partition coefficient (Wildman–Crippen LogP) is 3.65. The molecular weight excluding hydrogens is 328 g/mol. The van der Waals surface area contributed by atoms with Gasteiger partial charge in [-0.25, -0.2) is 8.42 Å². The van der Waals surface area contributed by atoms with Crippen LogP contribution in [0.25, 0.3) is 0 Å². The maximum atomic E-state index is 13.0. The first-order chi connectivity index (χ1) is 11.1. The van der Waals surface area contributed by atoms with Gasteiger partial charge in [0.25, 0.3) is 15.7 Å². The highest BCUT2D eigenvalue weighted by Crippen LogP contribution is 2.32. The number of hydrogen-bond acceptors (Lipinski definition) is 4. The van der Waals surface area contributed by atoms with E-state index in [4.69, 9.17) is 0 Å². The minimum Gasteiger partial charge on any atom is -0.269 e. The molecule has 24 heavy (non-hydrogen) atoms. The zero-order valence-corrected chi connectivity index (χ0v) is 15.1. The van der Waals surface area contributed by atoms with E-state index in [0.717, 1.165) is 22.8 Å². The van der Waals surface area contributed by atoms with Crippen molar-refractivity contribution >= 4 is 21.4 Å². The van der Waals surface area contributed by atoms with Crippen LogP contribution in [0.3, 0.4) is 0 Å². The fourth-order valence-electron chi connectivity index (χ4n) is 2.92. The van der Waals surface area contributed by atoms with Gasteiger partial charge in [0.15, 0.2) is 0 Å². The van der Waals surface area contributed by atoms with Gasteiger partial charge in [-0.1, -0.05) is 23.8 Å². The number of hydrogen-bond donors (Lipinski definition) is 0. The van der Waals surface area contributed by atoms with Gasteiger partial charge < -0.3 is 0 Å². The highest BCUT2D eigenvalue weighted by Gasteiger charge is 2.27. The fraction of sp³-hybridized carbons (Fsp3) is 0.294. The first-order valence-electron chi connectivity index (χ1n) is 7.37. The Morgan fingerprint density at radius 1 is 0.958 bits per heavy atom. The molecule has 0 unspecified atom stereocenters. The molecule has 0 fully saturated rings. The molecule has 0 atom stereocenters. The molecular formula is C17H20N2O4S. The lowest BCUT2D eigenvalue weighted by Crippen LogP contribution is -2.28. The molecule has 7 heteroatoms. The zero-order valence-electron chi connectivity index (χ0n) is 14.3. The van der Waals surface area contributed by atoms with Crippen LogP contribution in [0.4, 0.5) is 11.4 Å². The number of nitro groups is 1. The highest BCUT2D eigenvalue weighted by molar-refractivity contribution is 7.92. The first-order valence-corrected chi connectivity index (χ1v) is 8.81. The highest BCUT2D eigenvalue weighted by atomic mass is 32.2. The molecule has 0 spiro atoms. The normalized spacial score (nSPS) is 11.4. The Kier molecular flexibility index (Phi) is 4.66. The molecule has 128 valence electrons. The van der Waals surface area contributed by atoms with Crippen LogP contribution < -0.4 is 4.31 Å². The fourth-order valence-corrected chi connectivity index (χ4v) is 4.49. The third kappa shape index (κ3) is 3.12. The molecule has 0 radical (unpaired) electrons. The maximum Gasteiger partial charge on any atom is 0.270 e. The third-order valence-electron chi connectivity index (χ3n) is 3.97. The second kappa shape index (κ2) is 6.24. The minimum absolute atomic E-state index is 0.0569. The summed E-state index contributed by atoms with van der Waals surface area (Å²) < 4.78 is 27.2. The molecule has 2 rings (SSSR count). The van der Waals surface area contributed by atoms with Crippen LogP contribution in [0.15, 0.2) is 35.2 Å². The molecule has 0 aliphatic heterocycles. The molecule has 0 heterocycles. The van der Waals surface area contributed by atoms with Crippen molar-refractivity contribution in [3.63, 3.8) is 0 Å². The smallest absolute Gasteiger partial charge is 0.269 e. The van der Waals surface area contributed by atoms with E-state index >= 15 is 0 Å². The van der Waals surface area contributed by atoms with Gasteiger partial charge in [-0.15, -0.1) is 0 Å². The van der Waals surface area contributed by atoms with Gasteiger partial charge in [-0.3, -0.25) is 14.4 Å². The maximum absolute atomic E-state index is 13.0. The second-order valence-corrected chi connectivity index (χ2v) is 7.86. The van der Waals surface area contributed by atoms with Gasteiger partial charge in [0.2, 0.25) is 0 Å². The Morgan fingerprint density at radius 2 is 1.50 bits per heavy atom. The summed E-state index contributed by atoms with van der Waals surface area (Å²) in [4.78, 5) is 10.3. The van der Waals surface area contributed by atoms with Crippen molar-refractivity contribution < 1.29 is 13.3 Å². The van der Waals surface area contributed by atoms with Gasteiger partial charge in [0.05, 0.1) is 15.5 Å². The summed E-state index contributed by atoms with van der Waals surface area (Å²) in [7, 11) is -2.44. The number of sulfonamides is 1. The summed E-state index contributed by atoms with van der Waals surface area (Å²) in [5, 5.41) is 11.0. The summed E-state index contributed by atoms with van der Waals surface area (Å²) in [6.45, 7) is 7.27. The lowest BCUT2D eigenvalue weighted by atomic mass is 10.1. The van der Waals surface area contributed by atoms with E-state index in [9.17, 15) is 18.5 Å². The number of anilines is 1. The number of nitro benzene ring substituents is 1. The summed E-state index contributed by atoms with van der Waals surface area (Å²) in [6, 6.07) is 7.69. The van der Waals surface area contributed by atoms with Crippen LogP contribution in [0.1, 0.15) is 22.3 Å². The van der Waals surface area contributed by atoms with Gasteiger partial charge in [0, 0.05) is 19.2 Å². The van der Waals surface area contributed by atoms with E-state index < -0.39 is 14.9 Å². The monoisotopic (exact) mass is 348 g/mol. The van der Waals surface area contributed by atoms with Gasteiger partial charge in [-0.2, -0.15) is 0 Å². The summed E-state index contributed by atoms with van der Waals surface area (Å²) in [5.41, 5.74) is 3.53. The second-order valence-electron chi connectivity index (χ2n) is 5.93. The van der Waals surface area contributed by atoms with Crippen molar-refractivity contribution in [3.05, 3.63) is 62.7 Å². The average Bonchev–Trinajstić information content (AvgIpc) is 2.45. The number of aryl methyl sites for hydroxylation is 4. The predicted molar refractivity (Wildman–Crippen MR) is 94.1 cm³/mol. The Bertz CT molecular complexity index is 897. The largest absolute Gasteiger partial charge is 0.270 e. The van der Waals surface area contributed by atoms with E-state index in [-0.39, 0.29) is 10.6 Å². The Labute approximate surface area is 141 Å². The van der Waals surface area contributed by atoms with Crippen LogP contribution in [0, 0.1) is 37.8 Å². The van der Waals surface area contributed by atoms with E-state index in [1.54, 1.807) is 6.92 Å². The van der Waals surface area contributed by atoms with Gasteiger partial charge in [0.1, 0.15) is 0 Å². The molecule has 6 nitrogen and oxygen atoms in total. The number of nitrogens with zero attached hydrogens (tertiary/aromatic N) is 2. The Morgan fingerprint density at radius 3 is 2.00 bits per heavy atom. The van der Waals surface area contributed by atoms with Crippen LogP contribution in [-0.2, 0) is 10.0 Å². The first kappa shape index (κ1) is 17.9. The number of rotatable bonds is 4. The van der Waals surface area contributed by atoms with Crippen molar-refractivity contribution in [3.8, 4) is 0 Å². The number of benzene rings is 2. The zero-order chi connectivity index (χ0) is 18.2. The molecule has 2 aromatic rings. The Hall–Kier alpha value is -2.41. The van der Waals surface area contributed by atoms with E-state index in [1.807, 2.05) is 32.9 Å². The van der Waals surface area contributed by atoms with Crippen molar-refractivity contribution in [1.82, 2.24) is 0 Å². The molecule has 0 aliphatic carbocycles. The molecule has 0 bridgehead atoms. The topological polar surface area (TPSA) is 80.5 Å². The van der Waals surface area contributed by atoms with E-state index in [2.05, 4.69) is 0 Å². The molecule has 0 aliphatic rings. The van der Waals surface area contributed by atoms with Crippen molar-refractivity contribution in [2.75, 3.05) is 11.4 Å². The molecule has 0 N–H and O–H groups in total. The van der Waals surface area contributed by atoms with Crippen LogP contribution in [0.2, 0.25) is 0 Å². The molecule has 0 saturated heterocycles. The van der Waals surface area contributed by atoms with E-state index in [0.29, 0.717) is 11.3 Å². The minimum atomic E-state index is -3.91. The summed E-state index contributed by atoms with van der Waals surface area (Å²) in [5.74, 6) is 0. The summed E-state index contributed by atoms with van der Waals surface area (Å²) >= 11 is 0. The molecule has 0 amide bonds. The van der Waals surface area contributed by atoms with Crippen molar-refractivity contribution in [1.29, 1.82) is 0 Å². The van der Waals surface area contributed by atoms with E-state index in [1.165, 1.54) is 23.5 Å². The lowest BCUT2D eigenvalue weighted by Gasteiger charge is -2.24. The van der Waals surface area contributed by atoms with Gasteiger partial charge in [-0.05, 0) is 44.4 Å². The summed E-state index contributed by atoms with van der Waals surface area (Å²) in [6.07, 6.45) is 0.